The Morgan fingerprint density at radius 2 is 1.76 bits per heavy atom. The maximum absolute atomic E-state index is 13.3. The fourth-order valence-electron chi connectivity index (χ4n) is 1.94. The second-order valence-corrected chi connectivity index (χ2v) is 5.03. The van der Waals surface area contributed by atoms with Crippen molar-refractivity contribution < 1.29 is 4.39 Å². The number of benzene rings is 2. The second-order valence-electron chi connectivity index (χ2n) is 4.22. The number of hydrogen-bond acceptors (Lipinski definition) is 4. The molecule has 0 bridgehead atoms. The Morgan fingerprint density at radius 1 is 1.10 bits per heavy atom. The molecule has 0 radical (unpaired) electrons. The summed E-state index contributed by atoms with van der Waals surface area (Å²) in [4.78, 5) is 0. The van der Waals surface area contributed by atoms with Gasteiger partial charge < -0.3 is 5.73 Å². The predicted octanol–water partition coefficient (Wildman–Crippen LogP) is 3.36. The highest BCUT2D eigenvalue weighted by molar-refractivity contribution is 6.37. The van der Waals surface area contributed by atoms with Gasteiger partial charge in [-0.05, 0) is 34.7 Å². The van der Waals surface area contributed by atoms with Crippen LogP contribution in [-0.4, -0.2) is 20.2 Å². The molecule has 2 N–H and O–H groups in total. The molecule has 0 unspecified atom stereocenters. The van der Waals surface area contributed by atoms with E-state index in [1.807, 2.05) is 0 Å². The molecular weight excluding hydrogens is 316 g/mol. The van der Waals surface area contributed by atoms with Crippen LogP contribution in [0, 0.1) is 5.82 Å². The minimum Gasteiger partial charge on any atom is -0.398 e. The van der Waals surface area contributed by atoms with E-state index in [1.165, 1.54) is 4.68 Å². The Hall–Kier alpha value is -2.18. The first kappa shape index (κ1) is 13.8. The van der Waals surface area contributed by atoms with Crippen LogP contribution < -0.4 is 5.73 Å². The van der Waals surface area contributed by atoms with E-state index in [4.69, 9.17) is 28.9 Å². The van der Waals surface area contributed by atoms with Gasteiger partial charge in [0.1, 0.15) is 11.5 Å². The number of halogens is 3. The van der Waals surface area contributed by atoms with E-state index in [0.717, 1.165) is 12.1 Å². The highest BCUT2D eigenvalue weighted by Gasteiger charge is 2.18. The summed E-state index contributed by atoms with van der Waals surface area (Å²) in [6.45, 7) is 0. The number of para-hydroxylation sites is 1. The zero-order valence-corrected chi connectivity index (χ0v) is 12.0. The molecule has 106 valence electrons. The Balaban J connectivity index is 2.24. The standard InChI is InChI=1S/C13H8Cl2FN5/c14-9-5-7(16)6-10(15)12(9)21-13(18-19-20-21)8-3-1-2-4-11(8)17/h1-6H,17H2. The first-order chi connectivity index (χ1) is 10.1. The number of nitrogens with two attached hydrogens (primary N) is 1. The van der Waals surface area contributed by atoms with Crippen molar-refractivity contribution >= 4 is 28.9 Å². The zero-order valence-electron chi connectivity index (χ0n) is 10.5. The van der Waals surface area contributed by atoms with Crippen LogP contribution in [0.2, 0.25) is 10.0 Å². The first-order valence-electron chi connectivity index (χ1n) is 5.86. The van der Waals surface area contributed by atoms with E-state index in [0.29, 0.717) is 22.8 Å². The van der Waals surface area contributed by atoms with Gasteiger partial charge in [-0.2, -0.15) is 4.68 Å². The van der Waals surface area contributed by atoms with Crippen LogP contribution in [0.4, 0.5) is 10.1 Å². The lowest BCUT2D eigenvalue weighted by Gasteiger charge is -2.10. The minimum absolute atomic E-state index is 0.100. The monoisotopic (exact) mass is 323 g/mol. The van der Waals surface area contributed by atoms with Crippen molar-refractivity contribution in [2.45, 2.75) is 0 Å². The molecule has 0 aliphatic carbocycles. The normalized spacial score (nSPS) is 10.8. The van der Waals surface area contributed by atoms with Gasteiger partial charge in [-0.15, -0.1) is 5.10 Å². The number of aromatic nitrogens is 4. The van der Waals surface area contributed by atoms with Gasteiger partial charge in [0, 0.05) is 11.3 Å². The molecule has 2 aromatic carbocycles. The summed E-state index contributed by atoms with van der Waals surface area (Å²) in [5.74, 6) is -0.175. The van der Waals surface area contributed by atoms with Crippen LogP contribution in [0.3, 0.4) is 0 Å². The van der Waals surface area contributed by atoms with Crippen molar-refractivity contribution in [3.8, 4) is 17.1 Å². The lowest BCUT2D eigenvalue weighted by molar-refractivity contribution is 0.627. The lowest BCUT2D eigenvalue weighted by Crippen LogP contribution is -2.03. The van der Waals surface area contributed by atoms with E-state index < -0.39 is 5.82 Å². The number of hydrogen-bond donors (Lipinski definition) is 1. The van der Waals surface area contributed by atoms with Gasteiger partial charge in [-0.3, -0.25) is 0 Å². The van der Waals surface area contributed by atoms with Crippen molar-refractivity contribution in [3.63, 3.8) is 0 Å². The van der Waals surface area contributed by atoms with Crippen molar-refractivity contribution in [1.82, 2.24) is 20.2 Å². The summed E-state index contributed by atoms with van der Waals surface area (Å²) in [6.07, 6.45) is 0. The van der Waals surface area contributed by atoms with Gasteiger partial charge in [0.15, 0.2) is 5.82 Å². The largest absolute Gasteiger partial charge is 0.398 e. The third-order valence-corrected chi connectivity index (χ3v) is 3.44. The van der Waals surface area contributed by atoms with E-state index in [9.17, 15) is 4.39 Å². The fourth-order valence-corrected chi connectivity index (χ4v) is 2.56. The maximum Gasteiger partial charge on any atom is 0.189 e. The van der Waals surface area contributed by atoms with Gasteiger partial charge in [0.05, 0.1) is 10.0 Å². The summed E-state index contributed by atoms with van der Waals surface area (Å²) in [6, 6.07) is 9.37. The molecule has 1 aromatic heterocycles. The Labute approximate surface area is 129 Å². The van der Waals surface area contributed by atoms with Crippen molar-refractivity contribution in [2.24, 2.45) is 0 Å². The van der Waals surface area contributed by atoms with E-state index >= 15 is 0 Å². The topological polar surface area (TPSA) is 69.6 Å². The molecule has 0 saturated carbocycles. The Morgan fingerprint density at radius 3 is 2.43 bits per heavy atom. The lowest BCUT2D eigenvalue weighted by atomic mass is 10.1. The number of tetrazole rings is 1. The van der Waals surface area contributed by atoms with E-state index in [2.05, 4.69) is 15.5 Å². The quantitative estimate of drug-likeness (QED) is 0.734. The van der Waals surface area contributed by atoms with Crippen molar-refractivity contribution in [1.29, 1.82) is 0 Å². The SMILES string of the molecule is Nc1ccccc1-c1nnnn1-c1c(Cl)cc(F)cc1Cl. The average molecular weight is 324 g/mol. The smallest absolute Gasteiger partial charge is 0.189 e. The third-order valence-electron chi connectivity index (χ3n) is 2.86. The molecule has 0 atom stereocenters. The third kappa shape index (κ3) is 2.43. The fraction of sp³-hybridized carbons (Fsp3) is 0. The molecule has 8 heteroatoms. The zero-order chi connectivity index (χ0) is 15.0. The Bertz CT molecular complexity index is 795. The summed E-state index contributed by atoms with van der Waals surface area (Å²) >= 11 is 12.1. The summed E-state index contributed by atoms with van der Waals surface area (Å²) in [5.41, 5.74) is 7.35. The molecule has 0 amide bonds. The molecule has 0 saturated heterocycles. The molecule has 3 rings (SSSR count). The van der Waals surface area contributed by atoms with Gasteiger partial charge in [0.25, 0.3) is 0 Å². The highest BCUT2D eigenvalue weighted by Crippen LogP contribution is 2.33. The molecule has 0 aliphatic heterocycles. The summed E-state index contributed by atoms with van der Waals surface area (Å²) < 4.78 is 14.6. The van der Waals surface area contributed by atoms with Crippen LogP contribution in [0.1, 0.15) is 0 Å². The van der Waals surface area contributed by atoms with E-state index in [1.54, 1.807) is 24.3 Å². The van der Waals surface area contributed by atoms with E-state index in [-0.39, 0.29) is 10.0 Å². The summed E-state index contributed by atoms with van der Waals surface area (Å²) in [5, 5.41) is 11.6. The molecule has 3 aromatic rings. The molecule has 1 heterocycles. The number of anilines is 1. The number of nitrogens with zero attached hydrogens (tertiary/aromatic N) is 4. The molecule has 0 spiro atoms. The van der Waals surface area contributed by atoms with Crippen molar-refractivity contribution in [2.75, 3.05) is 5.73 Å². The average Bonchev–Trinajstić information content (AvgIpc) is 2.87. The molecule has 5 nitrogen and oxygen atoms in total. The van der Waals surface area contributed by atoms with Crippen LogP contribution in [-0.2, 0) is 0 Å². The molecular formula is C13H8Cl2FN5. The first-order valence-corrected chi connectivity index (χ1v) is 6.61. The number of rotatable bonds is 2. The van der Waals surface area contributed by atoms with Crippen molar-refractivity contribution in [3.05, 3.63) is 52.3 Å². The predicted molar refractivity (Wildman–Crippen MR) is 79.0 cm³/mol. The van der Waals surface area contributed by atoms with Gasteiger partial charge >= 0.3 is 0 Å². The van der Waals surface area contributed by atoms with Crippen LogP contribution in [0.25, 0.3) is 17.1 Å². The second kappa shape index (κ2) is 5.31. The van der Waals surface area contributed by atoms with Crippen LogP contribution in [0.5, 0.6) is 0 Å². The minimum atomic E-state index is -0.539. The molecule has 21 heavy (non-hydrogen) atoms. The van der Waals surface area contributed by atoms with Gasteiger partial charge in [-0.25, -0.2) is 4.39 Å². The molecule has 0 fully saturated rings. The highest BCUT2D eigenvalue weighted by atomic mass is 35.5. The molecule has 0 aliphatic rings. The van der Waals surface area contributed by atoms with Gasteiger partial charge in [0.2, 0.25) is 0 Å². The number of nitrogen functional groups attached to an aromatic ring is 1. The van der Waals surface area contributed by atoms with Gasteiger partial charge in [-0.1, -0.05) is 35.3 Å². The summed E-state index contributed by atoms with van der Waals surface area (Å²) in [7, 11) is 0. The maximum atomic E-state index is 13.3. The Kier molecular flexibility index (Phi) is 3.48. The van der Waals surface area contributed by atoms with Crippen LogP contribution in [0.15, 0.2) is 36.4 Å². The van der Waals surface area contributed by atoms with Crippen LogP contribution >= 0.6 is 23.2 Å².